The summed E-state index contributed by atoms with van der Waals surface area (Å²) >= 11 is 0. The molecule has 0 saturated carbocycles. The standard InChI is InChI=1S/C31H34F2N4O/c1-2-17-37(31(38)24-13-10-14-25(32)29(24)33)28(30-34-26-15-6-7-16-27(26)35-30)20-22-11-4-5-12-23(22)21-36-18-8-3-9-19-36/h4-7,10-16,28H,2-3,8-9,17-21H2,1H3,(H,34,35). The summed E-state index contributed by atoms with van der Waals surface area (Å²) in [5.41, 5.74) is 3.75. The van der Waals surface area contributed by atoms with E-state index in [9.17, 15) is 13.6 Å². The molecule has 1 unspecified atom stereocenters. The van der Waals surface area contributed by atoms with Crippen molar-refractivity contribution in [3.8, 4) is 0 Å². The van der Waals surface area contributed by atoms with E-state index in [1.54, 1.807) is 4.90 Å². The molecule has 1 aliphatic rings. The number of carbonyl (C=O) groups excluding carboxylic acids is 1. The van der Waals surface area contributed by atoms with Crippen LogP contribution in [0.15, 0.2) is 66.7 Å². The summed E-state index contributed by atoms with van der Waals surface area (Å²) in [6.07, 6.45) is 4.86. The highest BCUT2D eigenvalue weighted by molar-refractivity contribution is 5.95. The van der Waals surface area contributed by atoms with Gasteiger partial charge >= 0.3 is 0 Å². The van der Waals surface area contributed by atoms with Crippen molar-refractivity contribution in [2.24, 2.45) is 0 Å². The van der Waals surface area contributed by atoms with Crippen LogP contribution >= 0.6 is 0 Å². The molecule has 38 heavy (non-hydrogen) atoms. The van der Waals surface area contributed by atoms with Gasteiger partial charge in [-0.25, -0.2) is 13.8 Å². The summed E-state index contributed by atoms with van der Waals surface area (Å²) in [4.78, 5) is 26.2. The summed E-state index contributed by atoms with van der Waals surface area (Å²) in [5.74, 6) is -2.05. The van der Waals surface area contributed by atoms with E-state index >= 15 is 0 Å². The second kappa shape index (κ2) is 11.9. The van der Waals surface area contributed by atoms with Gasteiger partial charge in [0.15, 0.2) is 11.6 Å². The number of aromatic amines is 1. The number of hydrogen-bond donors (Lipinski definition) is 1. The average Bonchev–Trinajstić information content (AvgIpc) is 3.37. The SMILES string of the molecule is CCCN(C(=O)c1cccc(F)c1F)C(Cc1ccccc1CN1CCCCC1)c1nc2ccccc2[nH]1. The molecular weight excluding hydrogens is 482 g/mol. The van der Waals surface area contributed by atoms with Gasteiger partial charge in [-0.2, -0.15) is 0 Å². The Morgan fingerprint density at radius 2 is 1.71 bits per heavy atom. The number of carbonyl (C=O) groups is 1. The van der Waals surface area contributed by atoms with Crippen LogP contribution in [0.3, 0.4) is 0 Å². The number of rotatable bonds is 9. The lowest BCUT2D eigenvalue weighted by Crippen LogP contribution is -2.38. The van der Waals surface area contributed by atoms with Crippen molar-refractivity contribution in [2.75, 3.05) is 19.6 Å². The largest absolute Gasteiger partial charge is 0.340 e. The highest BCUT2D eigenvalue weighted by atomic mass is 19.2. The molecule has 2 heterocycles. The van der Waals surface area contributed by atoms with Gasteiger partial charge in [0.2, 0.25) is 0 Å². The van der Waals surface area contributed by atoms with Gasteiger partial charge in [0.05, 0.1) is 22.6 Å². The number of fused-ring (bicyclic) bond motifs is 1. The average molecular weight is 517 g/mol. The Kier molecular flexibility index (Phi) is 8.13. The predicted molar refractivity (Wildman–Crippen MR) is 146 cm³/mol. The molecule has 1 atom stereocenters. The van der Waals surface area contributed by atoms with E-state index in [0.717, 1.165) is 42.3 Å². The molecule has 5 nitrogen and oxygen atoms in total. The van der Waals surface area contributed by atoms with Gasteiger partial charge in [-0.15, -0.1) is 0 Å². The van der Waals surface area contributed by atoms with E-state index in [1.807, 2.05) is 37.3 Å². The fourth-order valence-corrected chi connectivity index (χ4v) is 5.43. The summed E-state index contributed by atoms with van der Waals surface area (Å²) in [7, 11) is 0. The van der Waals surface area contributed by atoms with Gasteiger partial charge in [-0.05, 0) is 67.7 Å². The van der Waals surface area contributed by atoms with Gasteiger partial charge in [0.25, 0.3) is 5.91 Å². The Morgan fingerprint density at radius 3 is 2.47 bits per heavy atom. The summed E-state index contributed by atoms with van der Waals surface area (Å²) in [6.45, 7) is 5.37. The maximum absolute atomic E-state index is 14.8. The lowest BCUT2D eigenvalue weighted by molar-refractivity contribution is 0.0660. The molecule has 3 aromatic carbocycles. The van der Waals surface area contributed by atoms with E-state index < -0.39 is 23.6 Å². The quantitative estimate of drug-likeness (QED) is 0.271. The molecule has 1 amide bonds. The maximum atomic E-state index is 14.8. The molecule has 198 valence electrons. The summed E-state index contributed by atoms with van der Waals surface area (Å²) in [6, 6.07) is 19.3. The van der Waals surface area contributed by atoms with E-state index in [4.69, 9.17) is 4.98 Å². The number of piperidine rings is 1. The fourth-order valence-electron chi connectivity index (χ4n) is 5.43. The van der Waals surface area contributed by atoms with Gasteiger partial charge in [0.1, 0.15) is 5.82 Å². The molecule has 1 aliphatic heterocycles. The van der Waals surface area contributed by atoms with Crippen LogP contribution in [0.2, 0.25) is 0 Å². The molecular formula is C31H34F2N4O. The Bertz CT molecular complexity index is 1360. The van der Waals surface area contributed by atoms with Gasteiger partial charge in [0, 0.05) is 19.5 Å². The number of H-pyrrole nitrogens is 1. The first kappa shape index (κ1) is 26.0. The molecule has 1 fully saturated rings. The number of nitrogens with zero attached hydrogens (tertiary/aromatic N) is 3. The van der Waals surface area contributed by atoms with Crippen molar-refractivity contribution in [1.82, 2.24) is 19.8 Å². The van der Waals surface area contributed by atoms with Crippen molar-refractivity contribution in [2.45, 2.75) is 51.6 Å². The van der Waals surface area contributed by atoms with Crippen LogP contribution in [0.1, 0.15) is 66.0 Å². The Morgan fingerprint density at radius 1 is 0.974 bits per heavy atom. The molecule has 0 radical (unpaired) electrons. The molecule has 7 heteroatoms. The van der Waals surface area contributed by atoms with Crippen molar-refractivity contribution in [1.29, 1.82) is 0 Å². The van der Waals surface area contributed by atoms with E-state index in [0.29, 0.717) is 25.2 Å². The van der Waals surface area contributed by atoms with Gasteiger partial charge in [-0.1, -0.05) is 55.8 Å². The number of likely N-dealkylation sites (tertiary alicyclic amines) is 1. The van der Waals surface area contributed by atoms with Crippen LogP contribution in [0.4, 0.5) is 8.78 Å². The van der Waals surface area contributed by atoms with Crippen molar-refractivity contribution < 1.29 is 13.6 Å². The smallest absolute Gasteiger partial charge is 0.257 e. The third kappa shape index (κ3) is 5.63. The number of hydrogen-bond acceptors (Lipinski definition) is 3. The minimum Gasteiger partial charge on any atom is -0.340 e. The zero-order valence-electron chi connectivity index (χ0n) is 21.8. The second-order valence-corrected chi connectivity index (χ2v) is 10.1. The molecule has 0 spiro atoms. The fraction of sp³-hybridized carbons (Fsp3) is 0.355. The van der Waals surface area contributed by atoms with Crippen LogP contribution in [-0.2, 0) is 13.0 Å². The Hall–Kier alpha value is -3.58. The van der Waals surface area contributed by atoms with Crippen LogP contribution in [0.25, 0.3) is 11.0 Å². The summed E-state index contributed by atoms with van der Waals surface area (Å²) in [5, 5.41) is 0. The number of para-hydroxylation sites is 2. The molecule has 1 aromatic heterocycles. The highest BCUT2D eigenvalue weighted by Gasteiger charge is 2.31. The number of imidazole rings is 1. The first-order valence-electron chi connectivity index (χ1n) is 13.5. The maximum Gasteiger partial charge on any atom is 0.257 e. The Balaban J connectivity index is 1.55. The predicted octanol–water partition coefficient (Wildman–Crippen LogP) is 6.66. The topological polar surface area (TPSA) is 52.2 Å². The number of benzene rings is 3. The van der Waals surface area contributed by atoms with Crippen molar-refractivity contribution >= 4 is 16.9 Å². The molecule has 1 N–H and O–H groups in total. The highest BCUT2D eigenvalue weighted by Crippen LogP contribution is 2.30. The van der Waals surface area contributed by atoms with Crippen LogP contribution in [0, 0.1) is 11.6 Å². The van der Waals surface area contributed by atoms with Crippen molar-refractivity contribution in [3.05, 3.63) is 101 Å². The lowest BCUT2D eigenvalue weighted by Gasteiger charge is -2.32. The molecule has 5 rings (SSSR count). The van der Waals surface area contributed by atoms with Crippen LogP contribution in [-0.4, -0.2) is 45.3 Å². The number of aromatic nitrogens is 2. The zero-order valence-corrected chi connectivity index (χ0v) is 21.8. The third-order valence-electron chi connectivity index (χ3n) is 7.38. The number of amides is 1. The van der Waals surface area contributed by atoms with Crippen LogP contribution < -0.4 is 0 Å². The zero-order chi connectivity index (χ0) is 26.5. The second-order valence-electron chi connectivity index (χ2n) is 10.1. The molecule has 0 bridgehead atoms. The van der Waals surface area contributed by atoms with Gasteiger partial charge < -0.3 is 9.88 Å². The van der Waals surface area contributed by atoms with Gasteiger partial charge in [-0.3, -0.25) is 9.69 Å². The molecule has 4 aromatic rings. The molecule has 0 aliphatic carbocycles. The summed E-state index contributed by atoms with van der Waals surface area (Å²) < 4.78 is 28.9. The van der Waals surface area contributed by atoms with E-state index in [2.05, 4.69) is 28.1 Å². The number of nitrogens with one attached hydrogen (secondary N) is 1. The van der Waals surface area contributed by atoms with E-state index in [1.165, 1.54) is 37.0 Å². The number of halogens is 2. The molecule has 1 saturated heterocycles. The normalized spacial score (nSPS) is 15.0. The first-order valence-corrected chi connectivity index (χ1v) is 13.5. The monoisotopic (exact) mass is 516 g/mol. The minimum absolute atomic E-state index is 0.263. The van der Waals surface area contributed by atoms with Crippen LogP contribution in [0.5, 0.6) is 0 Å². The first-order chi connectivity index (χ1) is 18.5. The third-order valence-corrected chi connectivity index (χ3v) is 7.38. The lowest BCUT2D eigenvalue weighted by atomic mass is 9.97. The minimum atomic E-state index is -1.12. The van der Waals surface area contributed by atoms with Crippen molar-refractivity contribution in [3.63, 3.8) is 0 Å². The Labute approximate surface area is 222 Å². The van der Waals surface area contributed by atoms with E-state index in [-0.39, 0.29) is 5.56 Å².